The van der Waals surface area contributed by atoms with Crippen LogP contribution < -0.4 is 10.6 Å². The van der Waals surface area contributed by atoms with Gasteiger partial charge in [0.2, 0.25) is 11.8 Å². The number of rotatable bonds is 4. The number of carbonyl (C=O) groups excluding carboxylic acids is 2. The van der Waals surface area contributed by atoms with Crippen molar-refractivity contribution in [2.45, 2.75) is 51.0 Å². The van der Waals surface area contributed by atoms with Gasteiger partial charge in [0.05, 0.1) is 11.1 Å². The highest BCUT2D eigenvalue weighted by Gasteiger charge is 2.60. The maximum atomic E-state index is 13.5. The number of aromatic nitrogens is 1. The number of nitrogens with zero attached hydrogens (tertiary/aromatic N) is 1. The number of hydrogen-bond acceptors (Lipinski definition) is 4. The second-order valence-electron chi connectivity index (χ2n) is 9.32. The van der Waals surface area contributed by atoms with Crippen molar-refractivity contribution < 1.29 is 18.4 Å². The molecule has 2 N–H and O–H groups in total. The van der Waals surface area contributed by atoms with Gasteiger partial charge in [-0.25, -0.2) is 13.8 Å². The van der Waals surface area contributed by atoms with Crippen LogP contribution in [0.2, 0.25) is 0 Å². The molecule has 2 unspecified atom stereocenters. The Morgan fingerprint density at radius 2 is 1.87 bits per heavy atom. The molecule has 4 aliphatic carbocycles. The van der Waals surface area contributed by atoms with Gasteiger partial charge >= 0.3 is 0 Å². The zero-order valence-electron chi connectivity index (χ0n) is 16.6. The van der Waals surface area contributed by atoms with E-state index >= 15 is 0 Å². The van der Waals surface area contributed by atoms with Gasteiger partial charge in [-0.3, -0.25) is 9.59 Å². The first-order valence-corrected chi connectivity index (χ1v) is 11.2. The molecule has 0 aliphatic heterocycles. The van der Waals surface area contributed by atoms with E-state index in [1.165, 1.54) is 17.4 Å². The first kappa shape index (κ1) is 19.6. The zero-order chi connectivity index (χ0) is 21.1. The largest absolute Gasteiger partial charge is 0.351 e. The molecule has 4 saturated carbocycles. The van der Waals surface area contributed by atoms with Crippen LogP contribution in [-0.2, 0) is 9.59 Å². The fourth-order valence-corrected chi connectivity index (χ4v) is 7.11. The van der Waals surface area contributed by atoms with Crippen LogP contribution in [-0.4, -0.2) is 22.3 Å². The van der Waals surface area contributed by atoms with Gasteiger partial charge in [-0.1, -0.05) is 0 Å². The summed E-state index contributed by atoms with van der Waals surface area (Å²) in [5, 5.41) is 8.31. The molecule has 4 bridgehead atoms. The van der Waals surface area contributed by atoms with Crippen molar-refractivity contribution in [3.8, 4) is 11.3 Å². The van der Waals surface area contributed by atoms with Gasteiger partial charge in [-0.2, -0.15) is 0 Å². The predicted octanol–water partition coefficient (Wildman–Crippen LogP) is 4.50. The SMILES string of the molecule is CC(=O)NC12CC3CC(C1)CC(C(=O)Nc1nc(-c4ccc(F)c(F)c4)cs1)(C3)C2. The fraction of sp³-hybridized carbons (Fsp3) is 0.500. The molecule has 0 saturated heterocycles. The van der Waals surface area contributed by atoms with Crippen molar-refractivity contribution in [3.05, 3.63) is 35.2 Å². The molecule has 2 atom stereocenters. The molecule has 8 heteroatoms. The van der Waals surface area contributed by atoms with Crippen LogP contribution >= 0.6 is 11.3 Å². The summed E-state index contributed by atoms with van der Waals surface area (Å²) in [4.78, 5) is 29.6. The van der Waals surface area contributed by atoms with Gasteiger partial charge in [-0.15, -0.1) is 11.3 Å². The molecular weight excluding hydrogens is 408 g/mol. The molecule has 6 rings (SSSR count). The minimum atomic E-state index is -0.928. The van der Waals surface area contributed by atoms with Crippen molar-refractivity contribution >= 4 is 28.3 Å². The minimum absolute atomic E-state index is 0.0383. The number of benzene rings is 1. The molecule has 0 spiro atoms. The van der Waals surface area contributed by atoms with E-state index in [1.54, 1.807) is 12.3 Å². The average molecular weight is 432 g/mol. The maximum absolute atomic E-state index is 13.5. The van der Waals surface area contributed by atoms with Crippen molar-refractivity contribution in [1.82, 2.24) is 10.3 Å². The second kappa shape index (κ2) is 6.83. The number of hydrogen-bond donors (Lipinski definition) is 2. The van der Waals surface area contributed by atoms with Crippen LogP contribution in [0, 0.1) is 28.9 Å². The Morgan fingerprint density at radius 1 is 1.13 bits per heavy atom. The topological polar surface area (TPSA) is 71.1 Å². The average Bonchev–Trinajstić information content (AvgIpc) is 3.10. The highest BCUT2D eigenvalue weighted by atomic mass is 32.1. The Morgan fingerprint density at radius 3 is 2.53 bits per heavy atom. The highest BCUT2D eigenvalue weighted by Crippen LogP contribution is 2.62. The normalized spacial score (nSPS) is 31.6. The Balaban J connectivity index is 1.36. The van der Waals surface area contributed by atoms with E-state index in [-0.39, 0.29) is 17.4 Å². The van der Waals surface area contributed by atoms with E-state index < -0.39 is 17.0 Å². The van der Waals surface area contributed by atoms with Gasteiger partial charge in [0.15, 0.2) is 16.8 Å². The minimum Gasteiger partial charge on any atom is -0.351 e. The van der Waals surface area contributed by atoms with Crippen LogP contribution in [0.3, 0.4) is 0 Å². The van der Waals surface area contributed by atoms with Crippen molar-refractivity contribution in [3.63, 3.8) is 0 Å². The summed E-state index contributed by atoms with van der Waals surface area (Å²) in [6.45, 7) is 1.54. The van der Waals surface area contributed by atoms with E-state index in [2.05, 4.69) is 15.6 Å². The quantitative estimate of drug-likeness (QED) is 0.749. The van der Waals surface area contributed by atoms with E-state index in [1.807, 2.05) is 0 Å². The van der Waals surface area contributed by atoms with Crippen LogP contribution in [0.1, 0.15) is 45.4 Å². The maximum Gasteiger partial charge on any atom is 0.232 e. The molecule has 4 aliphatic rings. The monoisotopic (exact) mass is 431 g/mol. The number of carbonyl (C=O) groups is 2. The summed E-state index contributed by atoms with van der Waals surface area (Å²) in [6, 6.07) is 3.64. The molecule has 2 amide bonds. The van der Waals surface area contributed by atoms with E-state index in [4.69, 9.17) is 0 Å². The van der Waals surface area contributed by atoms with Gasteiger partial charge in [-0.05, 0) is 68.6 Å². The Labute approximate surface area is 177 Å². The number of anilines is 1. The lowest BCUT2D eigenvalue weighted by molar-refractivity contribution is -0.148. The van der Waals surface area contributed by atoms with Crippen LogP contribution in [0.4, 0.5) is 13.9 Å². The summed E-state index contributed by atoms with van der Waals surface area (Å²) in [7, 11) is 0. The molecule has 1 aromatic carbocycles. The molecule has 4 fully saturated rings. The van der Waals surface area contributed by atoms with E-state index in [0.717, 1.165) is 44.2 Å². The molecule has 0 radical (unpaired) electrons. The summed E-state index contributed by atoms with van der Waals surface area (Å²) < 4.78 is 26.7. The molecule has 1 heterocycles. The molecule has 30 heavy (non-hydrogen) atoms. The fourth-order valence-electron chi connectivity index (χ4n) is 6.40. The van der Waals surface area contributed by atoms with Crippen molar-refractivity contribution in [2.75, 3.05) is 5.32 Å². The molecule has 5 nitrogen and oxygen atoms in total. The third kappa shape index (κ3) is 3.31. The van der Waals surface area contributed by atoms with Crippen molar-refractivity contribution in [1.29, 1.82) is 0 Å². The Hall–Kier alpha value is -2.35. The van der Waals surface area contributed by atoms with Crippen LogP contribution in [0.25, 0.3) is 11.3 Å². The smallest absolute Gasteiger partial charge is 0.232 e. The second-order valence-corrected chi connectivity index (χ2v) is 10.2. The van der Waals surface area contributed by atoms with E-state index in [0.29, 0.717) is 34.6 Å². The summed E-state index contributed by atoms with van der Waals surface area (Å²) in [5.41, 5.74) is 0.201. The first-order chi connectivity index (χ1) is 14.3. The summed E-state index contributed by atoms with van der Waals surface area (Å²) >= 11 is 1.27. The standard InChI is InChI=1S/C22H23F2N3O2S/c1-12(28)27-22-8-13-4-14(9-22)7-21(6-13,11-22)19(29)26-20-25-18(10-30-20)15-2-3-16(23)17(24)5-15/h2-3,5,10,13-14H,4,6-9,11H2,1H3,(H,27,28)(H,25,26,29). The molecule has 158 valence electrons. The molecular formula is C22H23F2N3O2S. The Kier molecular flexibility index (Phi) is 4.47. The number of halogens is 2. The summed E-state index contributed by atoms with van der Waals surface area (Å²) in [5.74, 6) is -1.00. The third-order valence-electron chi connectivity index (χ3n) is 6.92. The van der Waals surface area contributed by atoms with Crippen molar-refractivity contribution in [2.24, 2.45) is 17.3 Å². The Bertz CT molecular complexity index is 1020. The predicted molar refractivity (Wildman–Crippen MR) is 110 cm³/mol. The number of nitrogens with one attached hydrogen (secondary N) is 2. The lowest BCUT2D eigenvalue weighted by Gasteiger charge is -2.61. The number of amides is 2. The highest BCUT2D eigenvalue weighted by molar-refractivity contribution is 7.14. The first-order valence-electron chi connectivity index (χ1n) is 10.3. The number of thiazole rings is 1. The van der Waals surface area contributed by atoms with Gasteiger partial charge in [0.1, 0.15) is 0 Å². The van der Waals surface area contributed by atoms with Crippen LogP contribution in [0.15, 0.2) is 23.6 Å². The summed E-state index contributed by atoms with van der Waals surface area (Å²) in [6.07, 6.45) is 5.40. The van der Waals surface area contributed by atoms with Crippen LogP contribution in [0.5, 0.6) is 0 Å². The lowest BCUT2D eigenvalue weighted by Crippen LogP contribution is -2.65. The van der Waals surface area contributed by atoms with Gasteiger partial charge in [0, 0.05) is 23.4 Å². The third-order valence-corrected chi connectivity index (χ3v) is 7.68. The zero-order valence-corrected chi connectivity index (χ0v) is 17.5. The van der Waals surface area contributed by atoms with Gasteiger partial charge in [0.25, 0.3) is 0 Å². The molecule has 2 aromatic rings. The lowest BCUT2D eigenvalue weighted by atomic mass is 9.46. The van der Waals surface area contributed by atoms with E-state index in [9.17, 15) is 18.4 Å². The van der Waals surface area contributed by atoms with Gasteiger partial charge < -0.3 is 10.6 Å². The molecule has 1 aromatic heterocycles.